The van der Waals surface area contributed by atoms with Crippen LogP contribution in [0, 0.1) is 0 Å². The average Bonchev–Trinajstić information content (AvgIpc) is 2.77. The zero-order valence-electron chi connectivity index (χ0n) is 10.6. The number of nitrogen functional groups attached to an aromatic ring is 1. The number of rotatable bonds is 5. The fraction of sp³-hybridized carbons (Fsp3) is 0.231. The zero-order valence-corrected chi connectivity index (χ0v) is 11.4. The van der Waals surface area contributed by atoms with Crippen molar-refractivity contribution in [1.29, 1.82) is 0 Å². The Kier molecular flexibility index (Phi) is 4.46. The first kappa shape index (κ1) is 13.5. The summed E-state index contributed by atoms with van der Waals surface area (Å²) in [6, 6.07) is 5.54. The van der Waals surface area contributed by atoms with Gasteiger partial charge >= 0.3 is 5.97 Å². The molecule has 0 aliphatic carbocycles. The molecule has 0 fully saturated rings. The summed E-state index contributed by atoms with van der Waals surface area (Å²) in [7, 11) is 0. The maximum absolute atomic E-state index is 11.1. The third-order valence-electron chi connectivity index (χ3n) is 2.34. The number of fused-ring (bicyclic) bond motifs is 1. The topological polar surface area (TPSA) is 81.0 Å². The molecule has 0 bridgehead atoms. The van der Waals surface area contributed by atoms with Crippen LogP contribution in [0.3, 0.4) is 0 Å². The third kappa shape index (κ3) is 3.75. The van der Waals surface area contributed by atoms with Crippen LogP contribution in [0.15, 0.2) is 35.5 Å². The standard InChI is InChI=1S/C13H15N3O2S/c1-2-18-12(17)4-3-7-19-13-15-10-6-5-9(14)8-11(10)16-13/h3-6,8H,2,7,14H2,1H3,(H,15,16)/b4-3+. The van der Waals surface area contributed by atoms with Gasteiger partial charge < -0.3 is 15.5 Å². The SMILES string of the molecule is CCOC(=O)/C=C/CSc1nc2ccc(N)cc2[nH]1. The number of nitrogens with one attached hydrogen (secondary N) is 1. The summed E-state index contributed by atoms with van der Waals surface area (Å²) >= 11 is 1.51. The molecule has 1 heterocycles. The number of carbonyl (C=O) groups excluding carboxylic acids is 1. The van der Waals surface area contributed by atoms with Gasteiger partial charge in [0, 0.05) is 17.5 Å². The number of H-pyrrole nitrogens is 1. The molecular formula is C13H15N3O2S. The third-order valence-corrected chi connectivity index (χ3v) is 3.17. The van der Waals surface area contributed by atoms with E-state index in [1.807, 2.05) is 18.2 Å². The normalized spacial score (nSPS) is 11.2. The lowest BCUT2D eigenvalue weighted by Crippen LogP contribution is -1.98. The van der Waals surface area contributed by atoms with Crippen LogP contribution in [0.4, 0.5) is 5.69 Å². The Labute approximate surface area is 115 Å². The second-order valence-corrected chi connectivity index (χ2v) is 4.79. The Hall–Kier alpha value is -1.95. The van der Waals surface area contributed by atoms with Crippen molar-refractivity contribution in [3.8, 4) is 0 Å². The number of esters is 1. The Morgan fingerprint density at radius 3 is 3.21 bits per heavy atom. The largest absolute Gasteiger partial charge is 0.463 e. The molecule has 0 spiro atoms. The van der Waals surface area contributed by atoms with E-state index >= 15 is 0 Å². The van der Waals surface area contributed by atoms with Gasteiger partial charge in [0.1, 0.15) is 0 Å². The van der Waals surface area contributed by atoms with E-state index in [1.54, 1.807) is 13.0 Å². The predicted molar refractivity (Wildman–Crippen MR) is 77.0 cm³/mol. The van der Waals surface area contributed by atoms with Gasteiger partial charge in [0.15, 0.2) is 5.16 Å². The Morgan fingerprint density at radius 1 is 1.58 bits per heavy atom. The number of thioether (sulfide) groups is 1. The van der Waals surface area contributed by atoms with E-state index in [-0.39, 0.29) is 5.97 Å². The molecule has 6 heteroatoms. The number of ether oxygens (including phenoxy) is 1. The molecule has 0 aliphatic rings. The quantitative estimate of drug-likeness (QED) is 0.379. The van der Waals surface area contributed by atoms with Crippen LogP contribution in [0.2, 0.25) is 0 Å². The van der Waals surface area contributed by atoms with Gasteiger partial charge in [-0.15, -0.1) is 0 Å². The summed E-state index contributed by atoms with van der Waals surface area (Å²) in [5.74, 6) is 0.328. The molecule has 0 unspecified atom stereocenters. The number of benzene rings is 1. The number of nitrogens with zero attached hydrogens (tertiary/aromatic N) is 1. The van der Waals surface area contributed by atoms with Gasteiger partial charge in [-0.25, -0.2) is 9.78 Å². The molecule has 1 aromatic heterocycles. The highest BCUT2D eigenvalue weighted by atomic mass is 32.2. The molecule has 0 saturated carbocycles. The Bertz CT molecular complexity index is 607. The van der Waals surface area contributed by atoms with Crippen molar-refractivity contribution < 1.29 is 9.53 Å². The Morgan fingerprint density at radius 2 is 2.42 bits per heavy atom. The van der Waals surface area contributed by atoms with Crippen LogP contribution in [0.1, 0.15) is 6.92 Å². The first-order chi connectivity index (χ1) is 9.19. The summed E-state index contributed by atoms with van der Waals surface area (Å²) in [5, 5.41) is 0.800. The highest BCUT2D eigenvalue weighted by Crippen LogP contribution is 2.21. The van der Waals surface area contributed by atoms with E-state index < -0.39 is 0 Å². The molecule has 0 radical (unpaired) electrons. The minimum Gasteiger partial charge on any atom is -0.463 e. The number of aromatic amines is 1. The lowest BCUT2D eigenvalue weighted by Gasteiger charge is -1.94. The first-order valence-electron chi connectivity index (χ1n) is 5.90. The molecule has 5 nitrogen and oxygen atoms in total. The number of carbonyl (C=O) groups is 1. The maximum Gasteiger partial charge on any atom is 0.330 e. The van der Waals surface area contributed by atoms with Crippen molar-refractivity contribution in [1.82, 2.24) is 9.97 Å². The van der Waals surface area contributed by atoms with E-state index in [1.165, 1.54) is 17.8 Å². The lowest BCUT2D eigenvalue weighted by atomic mass is 10.3. The van der Waals surface area contributed by atoms with Crippen molar-refractivity contribution in [3.63, 3.8) is 0 Å². The molecule has 0 saturated heterocycles. The summed E-state index contributed by atoms with van der Waals surface area (Å²) in [6.07, 6.45) is 3.18. The zero-order chi connectivity index (χ0) is 13.7. The molecule has 2 aromatic rings. The van der Waals surface area contributed by atoms with Crippen molar-refractivity contribution in [2.45, 2.75) is 12.1 Å². The molecule has 0 atom stereocenters. The van der Waals surface area contributed by atoms with Gasteiger partial charge in [0.05, 0.1) is 17.6 Å². The molecule has 2 rings (SSSR count). The van der Waals surface area contributed by atoms with Crippen molar-refractivity contribution in [2.24, 2.45) is 0 Å². The number of hydrogen-bond donors (Lipinski definition) is 2. The van der Waals surface area contributed by atoms with E-state index in [4.69, 9.17) is 10.5 Å². The fourth-order valence-electron chi connectivity index (χ4n) is 1.53. The second-order valence-electron chi connectivity index (χ2n) is 3.78. The maximum atomic E-state index is 11.1. The molecule has 100 valence electrons. The predicted octanol–water partition coefficient (Wildman–Crippen LogP) is 2.36. The average molecular weight is 277 g/mol. The van der Waals surface area contributed by atoms with Gasteiger partial charge in [-0.1, -0.05) is 17.8 Å². The van der Waals surface area contributed by atoms with E-state index in [0.717, 1.165) is 16.2 Å². The first-order valence-corrected chi connectivity index (χ1v) is 6.89. The Balaban J connectivity index is 1.93. The van der Waals surface area contributed by atoms with E-state index in [2.05, 4.69) is 9.97 Å². The number of anilines is 1. The number of hydrogen-bond acceptors (Lipinski definition) is 5. The molecular weight excluding hydrogens is 262 g/mol. The van der Waals surface area contributed by atoms with Gasteiger partial charge in [-0.05, 0) is 25.1 Å². The highest BCUT2D eigenvalue weighted by Gasteiger charge is 2.02. The van der Waals surface area contributed by atoms with Crippen LogP contribution in [-0.4, -0.2) is 28.3 Å². The van der Waals surface area contributed by atoms with Crippen LogP contribution < -0.4 is 5.73 Å². The summed E-state index contributed by atoms with van der Waals surface area (Å²) < 4.78 is 4.78. The lowest BCUT2D eigenvalue weighted by molar-refractivity contribution is -0.137. The number of imidazole rings is 1. The summed E-state index contributed by atoms with van der Waals surface area (Å²) in [4.78, 5) is 18.7. The number of nitrogens with two attached hydrogens (primary N) is 1. The molecule has 3 N–H and O–H groups in total. The molecule has 0 amide bonds. The number of aromatic nitrogens is 2. The van der Waals surface area contributed by atoms with Crippen molar-refractivity contribution in [2.75, 3.05) is 18.1 Å². The van der Waals surface area contributed by atoms with E-state index in [0.29, 0.717) is 18.0 Å². The van der Waals surface area contributed by atoms with Gasteiger partial charge in [0.25, 0.3) is 0 Å². The van der Waals surface area contributed by atoms with Crippen molar-refractivity contribution >= 4 is 34.5 Å². The smallest absolute Gasteiger partial charge is 0.330 e. The summed E-state index contributed by atoms with van der Waals surface area (Å²) in [6.45, 7) is 2.17. The highest BCUT2D eigenvalue weighted by molar-refractivity contribution is 7.99. The van der Waals surface area contributed by atoms with Crippen LogP contribution in [0.5, 0.6) is 0 Å². The van der Waals surface area contributed by atoms with Crippen molar-refractivity contribution in [3.05, 3.63) is 30.4 Å². The molecule has 0 aliphatic heterocycles. The van der Waals surface area contributed by atoms with Crippen LogP contribution in [-0.2, 0) is 9.53 Å². The van der Waals surface area contributed by atoms with Crippen LogP contribution >= 0.6 is 11.8 Å². The van der Waals surface area contributed by atoms with Crippen LogP contribution in [0.25, 0.3) is 11.0 Å². The molecule has 1 aromatic carbocycles. The monoisotopic (exact) mass is 277 g/mol. The van der Waals surface area contributed by atoms with Gasteiger partial charge in [0.2, 0.25) is 0 Å². The minimum atomic E-state index is -0.319. The molecule has 19 heavy (non-hydrogen) atoms. The fourth-order valence-corrected chi connectivity index (χ4v) is 2.23. The van der Waals surface area contributed by atoms with Gasteiger partial charge in [-0.2, -0.15) is 0 Å². The second kappa shape index (κ2) is 6.29. The minimum absolute atomic E-state index is 0.319. The van der Waals surface area contributed by atoms with Gasteiger partial charge in [-0.3, -0.25) is 0 Å². The summed E-state index contributed by atoms with van der Waals surface area (Å²) in [5.41, 5.74) is 8.20. The van der Waals surface area contributed by atoms with E-state index in [9.17, 15) is 4.79 Å².